The normalized spacial score (nSPS) is 10.8. The number of esters is 2. The standard InChI is InChI=1S/C27H25N3O6/c1-4-35-25(33)18-13-16(24(32)17-12-15(3)10-11-22(17)31)14-19(26(34)36-5-2)23(18)30-27-28-20-8-6-7-9-21(20)29-27/h6-14,31H,4-5H2,1-3H3,(H2,28,29,30). The summed E-state index contributed by atoms with van der Waals surface area (Å²) < 4.78 is 10.4. The van der Waals surface area contributed by atoms with Crippen molar-refractivity contribution in [2.75, 3.05) is 18.5 Å². The van der Waals surface area contributed by atoms with E-state index in [0.29, 0.717) is 5.52 Å². The van der Waals surface area contributed by atoms with Crippen molar-refractivity contribution in [3.8, 4) is 5.75 Å². The van der Waals surface area contributed by atoms with Gasteiger partial charge < -0.3 is 24.9 Å². The number of phenols is 1. The minimum absolute atomic E-state index is 0.0113. The minimum Gasteiger partial charge on any atom is -0.507 e. The van der Waals surface area contributed by atoms with Crippen molar-refractivity contribution in [2.45, 2.75) is 20.8 Å². The first-order valence-corrected chi connectivity index (χ1v) is 11.4. The zero-order chi connectivity index (χ0) is 25.8. The molecule has 0 aliphatic heterocycles. The molecule has 0 atom stereocenters. The largest absolute Gasteiger partial charge is 0.507 e. The van der Waals surface area contributed by atoms with E-state index in [2.05, 4.69) is 15.3 Å². The van der Waals surface area contributed by atoms with Crippen LogP contribution in [-0.2, 0) is 9.47 Å². The number of nitrogens with one attached hydrogen (secondary N) is 2. The molecule has 0 aliphatic carbocycles. The number of anilines is 2. The Kier molecular flexibility index (Phi) is 7.00. The summed E-state index contributed by atoms with van der Waals surface area (Å²) in [5.74, 6) is -2.00. The number of phenolic OH excluding ortho intramolecular Hbond substituents is 1. The van der Waals surface area contributed by atoms with E-state index in [1.807, 2.05) is 24.3 Å². The molecule has 9 nitrogen and oxygen atoms in total. The van der Waals surface area contributed by atoms with E-state index in [-0.39, 0.29) is 52.9 Å². The number of H-pyrrole nitrogens is 1. The van der Waals surface area contributed by atoms with Crippen LogP contribution in [0.5, 0.6) is 5.75 Å². The molecule has 9 heteroatoms. The van der Waals surface area contributed by atoms with Gasteiger partial charge in [0.2, 0.25) is 5.95 Å². The molecule has 3 N–H and O–H groups in total. The summed E-state index contributed by atoms with van der Waals surface area (Å²) in [6.07, 6.45) is 0. The van der Waals surface area contributed by atoms with Crippen LogP contribution >= 0.6 is 0 Å². The van der Waals surface area contributed by atoms with Crippen LogP contribution in [0.15, 0.2) is 54.6 Å². The Morgan fingerprint density at radius 3 is 2.17 bits per heavy atom. The van der Waals surface area contributed by atoms with Gasteiger partial charge in [-0.1, -0.05) is 23.8 Å². The molecule has 184 valence electrons. The molecule has 0 aliphatic rings. The summed E-state index contributed by atoms with van der Waals surface area (Å²) in [4.78, 5) is 46.9. The van der Waals surface area contributed by atoms with Gasteiger partial charge in [-0.2, -0.15) is 0 Å². The lowest BCUT2D eigenvalue weighted by Crippen LogP contribution is -2.17. The summed E-state index contributed by atoms with van der Waals surface area (Å²) in [5, 5.41) is 13.3. The summed E-state index contributed by atoms with van der Waals surface area (Å²) in [6, 6.07) is 14.6. The lowest BCUT2D eigenvalue weighted by atomic mass is 9.95. The molecule has 0 bridgehead atoms. The van der Waals surface area contributed by atoms with Gasteiger partial charge in [-0.25, -0.2) is 14.6 Å². The molecule has 1 heterocycles. The number of imidazole rings is 1. The van der Waals surface area contributed by atoms with Crippen molar-refractivity contribution in [2.24, 2.45) is 0 Å². The second-order valence-corrected chi connectivity index (χ2v) is 7.96. The molecule has 4 aromatic rings. The van der Waals surface area contributed by atoms with E-state index in [1.165, 1.54) is 24.3 Å². The predicted octanol–water partition coefficient (Wildman–Crippen LogP) is 4.90. The van der Waals surface area contributed by atoms with E-state index in [9.17, 15) is 19.5 Å². The number of aromatic amines is 1. The number of hydrogen-bond acceptors (Lipinski definition) is 8. The van der Waals surface area contributed by atoms with Crippen LogP contribution in [0.25, 0.3) is 11.0 Å². The van der Waals surface area contributed by atoms with Gasteiger partial charge in [0.15, 0.2) is 5.78 Å². The summed E-state index contributed by atoms with van der Waals surface area (Å²) >= 11 is 0. The fourth-order valence-electron chi connectivity index (χ4n) is 3.77. The number of aryl methyl sites for hydroxylation is 1. The summed E-state index contributed by atoms with van der Waals surface area (Å²) in [7, 11) is 0. The highest BCUT2D eigenvalue weighted by Gasteiger charge is 2.26. The van der Waals surface area contributed by atoms with Crippen molar-refractivity contribution in [1.29, 1.82) is 0 Å². The van der Waals surface area contributed by atoms with Crippen molar-refractivity contribution in [1.82, 2.24) is 9.97 Å². The number of carbonyl (C=O) groups excluding carboxylic acids is 3. The molecule has 3 aromatic carbocycles. The van der Waals surface area contributed by atoms with Crippen LogP contribution in [0, 0.1) is 6.92 Å². The number of hydrogen-bond donors (Lipinski definition) is 3. The van der Waals surface area contributed by atoms with Gasteiger partial charge in [-0.3, -0.25) is 4.79 Å². The van der Waals surface area contributed by atoms with E-state index in [1.54, 1.807) is 26.8 Å². The van der Waals surface area contributed by atoms with Gasteiger partial charge in [0, 0.05) is 5.56 Å². The van der Waals surface area contributed by atoms with Crippen LogP contribution in [-0.4, -0.2) is 46.0 Å². The number of benzene rings is 3. The van der Waals surface area contributed by atoms with E-state index in [4.69, 9.17) is 9.47 Å². The minimum atomic E-state index is -0.746. The molecule has 36 heavy (non-hydrogen) atoms. The third-order valence-corrected chi connectivity index (χ3v) is 5.42. The second-order valence-electron chi connectivity index (χ2n) is 7.96. The zero-order valence-electron chi connectivity index (χ0n) is 20.0. The van der Waals surface area contributed by atoms with E-state index < -0.39 is 17.7 Å². The average Bonchev–Trinajstić information content (AvgIpc) is 3.28. The van der Waals surface area contributed by atoms with Crippen molar-refractivity contribution in [3.05, 3.63) is 82.4 Å². The zero-order valence-corrected chi connectivity index (χ0v) is 20.0. The second kappa shape index (κ2) is 10.3. The topological polar surface area (TPSA) is 131 Å². The molecule has 0 unspecified atom stereocenters. The van der Waals surface area contributed by atoms with Gasteiger partial charge in [0.05, 0.1) is 46.6 Å². The number of carbonyl (C=O) groups is 3. The fraction of sp³-hybridized carbons (Fsp3) is 0.185. The highest BCUT2D eigenvalue weighted by molar-refractivity contribution is 6.15. The van der Waals surface area contributed by atoms with Gasteiger partial charge in [0.25, 0.3) is 0 Å². The molecule has 1 aromatic heterocycles. The third-order valence-electron chi connectivity index (χ3n) is 5.42. The van der Waals surface area contributed by atoms with Crippen molar-refractivity contribution >= 4 is 40.4 Å². The van der Waals surface area contributed by atoms with Gasteiger partial charge in [0.1, 0.15) is 5.75 Å². The molecule has 0 amide bonds. The highest BCUT2D eigenvalue weighted by Crippen LogP contribution is 2.31. The first-order chi connectivity index (χ1) is 17.3. The Morgan fingerprint density at radius 2 is 1.56 bits per heavy atom. The number of ketones is 1. The quantitative estimate of drug-likeness (QED) is 0.236. The molecular formula is C27H25N3O6. The maximum Gasteiger partial charge on any atom is 0.340 e. The van der Waals surface area contributed by atoms with Crippen LogP contribution in [0.4, 0.5) is 11.6 Å². The van der Waals surface area contributed by atoms with Gasteiger partial charge in [-0.15, -0.1) is 0 Å². The third kappa shape index (κ3) is 4.90. The molecule has 0 radical (unpaired) electrons. The summed E-state index contributed by atoms with van der Waals surface area (Å²) in [6.45, 7) is 5.24. The molecular weight excluding hydrogens is 462 g/mol. The number of fused-ring (bicyclic) bond motifs is 1. The van der Waals surface area contributed by atoms with Crippen LogP contribution in [0.3, 0.4) is 0 Å². The number of aromatic hydroxyl groups is 1. The first-order valence-electron chi connectivity index (χ1n) is 11.4. The Labute approximate surface area is 207 Å². The number of rotatable bonds is 8. The van der Waals surface area contributed by atoms with E-state index in [0.717, 1.165) is 11.1 Å². The van der Waals surface area contributed by atoms with Crippen LogP contribution < -0.4 is 5.32 Å². The lowest BCUT2D eigenvalue weighted by Gasteiger charge is -2.16. The molecule has 0 saturated carbocycles. The van der Waals surface area contributed by atoms with Crippen molar-refractivity contribution < 1.29 is 29.0 Å². The number of aromatic nitrogens is 2. The molecule has 0 fully saturated rings. The Bertz CT molecular complexity index is 1400. The SMILES string of the molecule is CCOC(=O)c1cc(C(=O)c2cc(C)ccc2O)cc(C(=O)OCC)c1Nc1nc2ccccc2[nH]1. The highest BCUT2D eigenvalue weighted by atomic mass is 16.5. The molecule has 0 spiro atoms. The Hall–Kier alpha value is -4.66. The van der Waals surface area contributed by atoms with Crippen LogP contribution in [0.1, 0.15) is 56.0 Å². The number of para-hydroxylation sites is 2. The average molecular weight is 488 g/mol. The lowest BCUT2D eigenvalue weighted by molar-refractivity contribution is 0.0527. The Morgan fingerprint density at radius 1 is 0.917 bits per heavy atom. The maximum atomic E-state index is 13.4. The maximum absolute atomic E-state index is 13.4. The molecule has 0 saturated heterocycles. The smallest absolute Gasteiger partial charge is 0.340 e. The first kappa shape index (κ1) is 24.5. The fourth-order valence-corrected chi connectivity index (χ4v) is 3.77. The number of nitrogens with zero attached hydrogens (tertiary/aromatic N) is 1. The van der Waals surface area contributed by atoms with Gasteiger partial charge in [-0.05, 0) is 57.2 Å². The van der Waals surface area contributed by atoms with E-state index >= 15 is 0 Å². The monoisotopic (exact) mass is 487 g/mol. The molecule has 4 rings (SSSR count). The Balaban J connectivity index is 1.90. The summed E-state index contributed by atoms with van der Waals surface area (Å²) in [5.41, 5.74) is 2.20. The van der Waals surface area contributed by atoms with Crippen molar-refractivity contribution in [3.63, 3.8) is 0 Å². The number of ether oxygens (including phenoxy) is 2. The van der Waals surface area contributed by atoms with Crippen LogP contribution in [0.2, 0.25) is 0 Å². The van der Waals surface area contributed by atoms with Gasteiger partial charge >= 0.3 is 11.9 Å². The predicted molar refractivity (Wildman–Crippen MR) is 134 cm³/mol.